The zero-order valence-electron chi connectivity index (χ0n) is 64.9. The summed E-state index contributed by atoms with van der Waals surface area (Å²) in [6.45, 7) is 47.7. The average Bonchev–Trinajstić information content (AvgIpc) is 0.767. The number of esters is 4. The van der Waals surface area contributed by atoms with Gasteiger partial charge in [0.1, 0.15) is 47.4 Å². The molecule has 98 heavy (non-hydrogen) atoms. The van der Waals surface area contributed by atoms with Crippen molar-refractivity contribution >= 4 is 45.5 Å². The van der Waals surface area contributed by atoms with Crippen LogP contribution in [0.4, 0.5) is 0 Å². The Morgan fingerprint density at radius 3 is 1.02 bits per heavy atom. The van der Waals surface area contributed by atoms with Gasteiger partial charge in [-0.25, -0.2) is 0 Å². The highest BCUT2D eigenvalue weighted by Crippen LogP contribution is 2.47. The third-order valence-electron chi connectivity index (χ3n) is 22.5. The van der Waals surface area contributed by atoms with Gasteiger partial charge < -0.3 is 28.4 Å². The number of benzene rings is 2. The molecule has 0 N–H and O–H groups in total. The van der Waals surface area contributed by atoms with Crippen LogP contribution < -0.4 is 18.9 Å². The number of nitrogens with zero attached hydrogens (tertiary/aromatic N) is 4. The van der Waals surface area contributed by atoms with E-state index in [0.717, 1.165) is 207 Å². The molecule has 2 fully saturated rings. The van der Waals surface area contributed by atoms with E-state index in [1.54, 1.807) is 0 Å². The monoisotopic (exact) mass is 1400 g/mol. The van der Waals surface area contributed by atoms with Crippen molar-refractivity contribution in [3.63, 3.8) is 0 Å². The molecular weight excluding hydrogens is 1270 g/mol. The molecule has 6 rings (SSSR count). The van der Waals surface area contributed by atoms with Gasteiger partial charge in [0.15, 0.2) is 0 Å². The van der Waals surface area contributed by atoms with Crippen LogP contribution in [0, 0.1) is 77.0 Å². The van der Waals surface area contributed by atoms with Crippen LogP contribution in [-0.4, -0.2) is 158 Å². The van der Waals surface area contributed by atoms with Gasteiger partial charge in [-0.1, -0.05) is 167 Å². The van der Waals surface area contributed by atoms with E-state index in [0.29, 0.717) is 37.8 Å². The van der Waals surface area contributed by atoms with Crippen LogP contribution in [-0.2, 0) is 41.5 Å². The maximum Gasteiger partial charge on any atom is 0.311 e. The lowest BCUT2D eigenvalue weighted by Crippen LogP contribution is -2.48. The van der Waals surface area contributed by atoms with E-state index in [9.17, 15) is 19.2 Å². The quantitative estimate of drug-likeness (QED) is 0.0269. The largest absolute Gasteiger partial charge is 0.487 e. The Morgan fingerprint density at radius 1 is 0.398 bits per heavy atom. The van der Waals surface area contributed by atoms with Crippen LogP contribution in [0.15, 0.2) is 0 Å². The summed E-state index contributed by atoms with van der Waals surface area (Å²) >= 11 is 0. The first-order valence-corrected chi connectivity index (χ1v) is 41.7. The van der Waals surface area contributed by atoms with Gasteiger partial charge in [-0.2, -0.15) is 0 Å². The van der Waals surface area contributed by atoms with E-state index >= 15 is 0 Å². The van der Waals surface area contributed by atoms with Crippen molar-refractivity contribution < 1.29 is 47.6 Å². The summed E-state index contributed by atoms with van der Waals surface area (Å²) in [5, 5.41) is 0. The molecule has 0 amide bonds. The molecule has 0 radical (unpaired) electrons. The third-order valence-corrected chi connectivity index (χ3v) is 24.9. The molecule has 14 nitrogen and oxygen atoms in total. The van der Waals surface area contributed by atoms with Gasteiger partial charge in [0, 0.05) is 101 Å². The minimum Gasteiger partial charge on any atom is -0.487 e. The maximum atomic E-state index is 13.2. The summed E-state index contributed by atoms with van der Waals surface area (Å²) in [4.78, 5) is 61.6. The van der Waals surface area contributed by atoms with Crippen molar-refractivity contribution in [2.45, 2.75) is 289 Å². The molecule has 4 aliphatic rings. The molecule has 0 saturated carbocycles. The van der Waals surface area contributed by atoms with Gasteiger partial charge >= 0.3 is 23.9 Å². The summed E-state index contributed by atoms with van der Waals surface area (Å²) < 4.78 is 36.9. The number of ether oxygens (including phenoxy) is 6. The Kier molecular flexibility index (Phi) is 36.5. The molecule has 16 heteroatoms. The summed E-state index contributed by atoms with van der Waals surface area (Å²) in [6, 6.07) is 0. The van der Waals surface area contributed by atoms with Gasteiger partial charge in [-0.05, 0) is 176 Å². The molecule has 6 atom stereocenters. The molecule has 0 aliphatic carbocycles. The summed E-state index contributed by atoms with van der Waals surface area (Å²) in [6.07, 6.45) is 26.6. The molecule has 2 aromatic rings. The van der Waals surface area contributed by atoms with Crippen LogP contribution in [0.3, 0.4) is 0 Å². The number of piperazine rings is 2. The van der Waals surface area contributed by atoms with Crippen molar-refractivity contribution in [1.82, 2.24) is 19.6 Å². The third kappa shape index (κ3) is 28.9. The van der Waals surface area contributed by atoms with E-state index < -0.39 is 11.9 Å². The zero-order valence-corrected chi connectivity index (χ0v) is 66.5. The summed E-state index contributed by atoms with van der Waals surface area (Å²) in [5.74, 6) is 8.45. The molecule has 558 valence electrons. The number of fused-ring (bicyclic) bond motifs is 2. The zero-order chi connectivity index (χ0) is 71.4. The second-order valence-corrected chi connectivity index (χ2v) is 34.9. The first-order valence-electron chi connectivity index (χ1n) is 39.2. The topological polar surface area (TPSA) is 137 Å². The lowest BCUT2D eigenvalue weighted by molar-refractivity contribution is -0.147. The highest BCUT2D eigenvalue weighted by atomic mass is 33.1. The van der Waals surface area contributed by atoms with Gasteiger partial charge in [-0.15, -0.1) is 0 Å². The number of carbonyl (C=O) groups excluding carboxylic acids is 4. The Labute approximate surface area is 604 Å². The van der Waals surface area contributed by atoms with Crippen LogP contribution >= 0.6 is 21.6 Å². The summed E-state index contributed by atoms with van der Waals surface area (Å²) in [7, 11) is 3.90. The Hall–Kier alpha value is -3.54. The van der Waals surface area contributed by atoms with Crippen molar-refractivity contribution in [3.05, 3.63) is 44.5 Å². The van der Waals surface area contributed by atoms with Gasteiger partial charge in [0.25, 0.3) is 0 Å². The Balaban J connectivity index is 0.740. The fourth-order valence-corrected chi connectivity index (χ4v) is 17.3. The van der Waals surface area contributed by atoms with Gasteiger partial charge in [0.05, 0.1) is 25.7 Å². The predicted octanol–water partition coefficient (Wildman–Crippen LogP) is 18.4. The van der Waals surface area contributed by atoms with E-state index in [-0.39, 0.29) is 48.8 Å². The molecule has 6 unspecified atom stereocenters. The first-order chi connectivity index (χ1) is 46.7. The predicted molar refractivity (Wildman–Crippen MR) is 408 cm³/mol. The van der Waals surface area contributed by atoms with Crippen molar-refractivity contribution in [3.8, 4) is 23.0 Å². The minimum absolute atomic E-state index is 0.00389. The fourth-order valence-electron chi connectivity index (χ4n) is 15.2. The molecule has 2 saturated heterocycles. The van der Waals surface area contributed by atoms with Crippen molar-refractivity contribution in [2.24, 2.45) is 35.5 Å². The van der Waals surface area contributed by atoms with E-state index in [2.05, 4.69) is 103 Å². The SMILES string of the molecule is Cc1c(C)c2c(c(C)c1OC(=O)CCC(=O)OCCN1CCN(CCSSCCN3CCN(CCOC(=O)CCC(=O)Oc4c(C)c(C)c5c(c4C)CCC(C)(CCCC(C)CCCC(C)CCCC(C)C)O5)CC3)CC1)CCC(C)(CCCC(C)CCCC(C)CCCC(C)C)O2. The molecule has 2 aromatic carbocycles. The molecule has 4 aliphatic heterocycles. The van der Waals surface area contributed by atoms with Gasteiger partial charge in [0.2, 0.25) is 0 Å². The second kappa shape index (κ2) is 42.9. The average molecular weight is 1400 g/mol. The number of hydrogen-bond donors (Lipinski definition) is 0. The second-order valence-electron chi connectivity index (χ2n) is 32.2. The van der Waals surface area contributed by atoms with E-state index in [1.165, 1.54) is 103 Å². The van der Waals surface area contributed by atoms with E-state index in [4.69, 9.17) is 28.4 Å². The van der Waals surface area contributed by atoms with Crippen LogP contribution in [0.2, 0.25) is 0 Å². The van der Waals surface area contributed by atoms with Gasteiger partial charge in [-0.3, -0.25) is 38.8 Å². The maximum absolute atomic E-state index is 13.2. The molecule has 0 spiro atoms. The number of carbonyl (C=O) groups is 4. The Morgan fingerprint density at radius 2 is 0.694 bits per heavy atom. The standard InChI is InChI=1S/C82H138N4O10S2/c1-59(2)23-17-25-61(5)27-19-29-63(7)31-21-39-81(15)41-37-71-69(13)77(65(9)67(11)79(71)95-81)93-75(89)35-33-73(87)91-55-51-83-43-47-85(48-44-83)53-57-97-98-58-54-86-49-45-84(46-50-86)52-56-92-74(88)34-36-76(90)94-78-66(10)68(12)80-72(70(78)14)38-42-82(16,96-80)40-22-32-64(8)30-20-28-62(6)26-18-24-60(3)4/h59-64H,17-58H2,1-16H3. The van der Waals surface area contributed by atoms with Crippen LogP contribution in [0.1, 0.15) is 268 Å². The van der Waals surface area contributed by atoms with Crippen LogP contribution in [0.25, 0.3) is 0 Å². The molecule has 0 bridgehead atoms. The first kappa shape index (κ1) is 83.4. The van der Waals surface area contributed by atoms with Crippen molar-refractivity contribution in [2.75, 3.05) is 103 Å². The number of rotatable bonds is 45. The summed E-state index contributed by atoms with van der Waals surface area (Å²) in [5.41, 5.74) is 7.66. The fraction of sp³-hybridized carbons (Fsp3) is 0.805. The molecule has 4 heterocycles. The molecular formula is C82H138N4O10S2. The highest BCUT2D eigenvalue weighted by Gasteiger charge is 2.37. The number of hydrogen-bond acceptors (Lipinski definition) is 16. The normalized spacial score (nSPS) is 19.9. The highest BCUT2D eigenvalue weighted by molar-refractivity contribution is 8.76. The lowest BCUT2D eigenvalue weighted by Gasteiger charge is -2.38. The molecule has 0 aromatic heterocycles. The van der Waals surface area contributed by atoms with Crippen molar-refractivity contribution in [1.29, 1.82) is 0 Å². The smallest absolute Gasteiger partial charge is 0.311 e. The Bertz CT molecular complexity index is 2580. The minimum atomic E-state index is -0.416. The van der Waals surface area contributed by atoms with E-state index in [1.807, 2.05) is 49.3 Å². The van der Waals surface area contributed by atoms with Crippen LogP contribution in [0.5, 0.6) is 23.0 Å². The lowest BCUT2D eigenvalue weighted by atomic mass is 9.83.